The van der Waals surface area contributed by atoms with Crippen LogP contribution in [0.3, 0.4) is 0 Å². The Morgan fingerprint density at radius 2 is 2.15 bits per heavy atom. The quantitative estimate of drug-likeness (QED) is 0.723. The Labute approximate surface area is 124 Å². The van der Waals surface area contributed by atoms with Gasteiger partial charge in [0.25, 0.3) is 5.91 Å². The smallest absolute Gasteiger partial charge is 0.321 e. The fraction of sp³-hybridized carbons (Fsp3) is 0.333. The van der Waals surface area contributed by atoms with Gasteiger partial charge in [-0.3, -0.25) is 10.1 Å². The molecule has 0 aliphatic heterocycles. The molecule has 8 heteroatoms. The first-order valence-electron chi connectivity index (χ1n) is 5.85. The summed E-state index contributed by atoms with van der Waals surface area (Å²) >= 11 is 3.10. The van der Waals surface area contributed by atoms with Crippen LogP contribution in [0.25, 0.3) is 0 Å². The molecule has 0 fully saturated rings. The summed E-state index contributed by atoms with van der Waals surface area (Å²) in [5.74, 6) is -1.02. The number of halogens is 2. The van der Waals surface area contributed by atoms with Crippen LogP contribution >= 0.6 is 15.9 Å². The molecule has 20 heavy (non-hydrogen) atoms. The lowest BCUT2D eigenvalue weighted by molar-refractivity contribution is -0.126. The van der Waals surface area contributed by atoms with E-state index in [1.165, 1.54) is 13.0 Å². The van der Waals surface area contributed by atoms with Crippen molar-refractivity contribution >= 4 is 33.6 Å². The molecule has 1 atom stereocenters. The van der Waals surface area contributed by atoms with E-state index in [2.05, 4.69) is 26.6 Å². The van der Waals surface area contributed by atoms with Crippen LogP contribution in [0, 0.1) is 5.82 Å². The lowest BCUT2D eigenvalue weighted by atomic mass is 10.3. The molecule has 4 N–H and O–H groups in total. The Bertz CT molecular complexity index is 502. The summed E-state index contributed by atoms with van der Waals surface area (Å²) in [6, 6.07) is 1.63. The highest BCUT2D eigenvalue weighted by atomic mass is 79.9. The van der Waals surface area contributed by atoms with Gasteiger partial charge in [0.2, 0.25) is 0 Å². The highest BCUT2D eigenvalue weighted by molar-refractivity contribution is 9.10. The van der Waals surface area contributed by atoms with Gasteiger partial charge in [-0.2, -0.15) is 0 Å². The summed E-state index contributed by atoms with van der Waals surface area (Å²) in [6.45, 7) is 3.56. The topological polar surface area (TPSA) is 93.5 Å². The Hall–Kier alpha value is -1.83. The molecule has 0 saturated carbocycles. The van der Waals surface area contributed by atoms with E-state index in [1.807, 2.05) is 0 Å². The summed E-state index contributed by atoms with van der Waals surface area (Å²) in [7, 11) is 0. The Kier molecular flexibility index (Phi) is 5.75. The van der Waals surface area contributed by atoms with Crippen molar-refractivity contribution in [3.05, 3.63) is 22.4 Å². The van der Waals surface area contributed by atoms with E-state index in [9.17, 15) is 14.0 Å². The third kappa shape index (κ3) is 4.37. The summed E-state index contributed by atoms with van der Waals surface area (Å²) in [4.78, 5) is 22.9. The molecular weight excluding hydrogens is 333 g/mol. The minimum atomic E-state index is -0.971. The van der Waals surface area contributed by atoms with Gasteiger partial charge in [0, 0.05) is 12.6 Å². The molecule has 0 aromatic heterocycles. The molecule has 3 amide bonds. The Balaban J connectivity index is 2.73. The van der Waals surface area contributed by atoms with E-state index < -0.39 is 23.9 Å². The number of anilines is 1. The molecule has 0 heterocycles. The van der Waals surface area contributed by atoms with Crippen LogP contribution in [0.5, 0.6) is 5.75 Å². The van der Waals surface area contributed by atoms with E-state index >= 15 is 0 Å². The van der Waals surface area contributed by atoms with E-state index in [4.69, 9.17) is 10.5 Å². The second-order valence-electron chi connectivity index (χ2n) is 3.91. The normalized spacial score (nSPS) is 11.6. The fourth-order valence-electron chi connectivity index (χ4n) is 1.35. The van der Waals surface area contributed by atoms with Crippen molar-refractivity contribution in [2.24, 2.45) is 0 Å². The van der Waals surface area contributed by atoms with Crippen molar-refractivity contribution < 1.29 is 18.7 Å². The minimum absolute atomic E-state index is 0.0505. The van der Waals surface area contributed by atoms with Gasteiger partial charge in [-0.25, -0.2) is 9.18 Å². The van der Waals surface area contributed by atoms with Crippen LogP contribution in [-0.2, 0) is 4.79 Å². The number of ether oxygens (including phenoxy) is 1. The van der Waals surface area contributed by atoms with Gasteiger partial charge in [0.1, 0.15) is 5.82 Å². The molecule has 1 aromatic carbocycles. The predicted octanol–water partition coefficient (Wildman–Crippen LogP) is 1.78. The van der Waals surface area contributed by atoms with Gasteiger partial charge in [-0.15, -0.1) is 0 Å². The van der Waals surface area contributed by atoms with Crippen molar-refractivity contribution in [2.75, 3.05) is 12.3 Å². The van der Waals surface area contributed by atoms with Gasteiger partial charge < -0.3 is 15.8 Å². The number of amides is 3. The first-order chi connectivity index (χ1) is 9.35. The van der Waals surface area contributed by atoms with Crippen LogP contribution in [-0.4, -0.2) is 24.6 Å². The number of carbonyl (C=O) groups is 2. The second-order valence-corrected chi connectivity index (χ2v) is 4.77. The van der Waals surface area contributed by atoms with Crippen molar-refractivity contribution in [1.29, 1.82) is 0 Å². The van der Waals surface area contributed by atoms with E-state index in [0.717, 1.165) is 6.07 Å². The average Bonchev–Trinajstić information content (AvgIpc) is 2.33. The third-order valence-electron chi connectivity index (χ3n) is 2.28. The minimum Gasteiger partial charge on any atom is -0.478 e. The number of carbonyl (C=O) groups excluding carboxylic acids is 2. The molecule has 0 aliphatic rings. The van der Waals surface area contributed by atoms with Gasteiger partial charge in [0.15, 0.2) is 11.9 Å². The van der Waals surface area contributed by atoms with Gasteiger partial charge in [-0.05, 0) is 35.8 Å². The van der Waals surface area contributed by atoms with Gasteiger partial charge in [-0.1, -0.05) is 0 Å². The molecule has 0 aliphatic carbocycles. The maximum atomic E-state index is 13.1. The number of benzene rings is 1. The number of rotatable bonds is 4. The molecule has 110 valence electrons. The average molecular weight is 348 g/mol. The summed E-state index contributed by atoms with van der Waals surface area (Å²) in [6.07, 6.45) is -0.971. The lowest BCUT2D eigenvalue weighted by Crippen LogP contribution is -2.45. The highest BCUT2D eigenvalue weighted by Crippen LogP contribution is 2.33. The van der Waals surface area contributed by atoms with Gasteiger partial charge >= 0.3 is 6.03 Å². The van der Waals surface area contributed by atoms with Crippen molar-refractivity contribution in [3.8, 4) is 5.75 Å². The molecule has 0 bridgehead atoms. The van der Waals surface area contributed by atoms with Crippen LogP contribution in [0.2, 0.25) is 0 Å². The molecular formula is C12H15BrFN3O3. The summed E-state index contributed by atoms with van der Waals surface area (Å²) in [5, 5.41) is 4.52. The maximum absolute atomic E-state index is 13.1. The SMILES string of the molecule is CCNC(=O)NC(=O)C(C)Oc1c(N)cc(F)cc1Br. The zero-order chi connectivity index (χ0) is 15.3. The number of imide groups is 1. The molecule has 6 nitrogen and oxygen atoms in total. The van der Waals surface area contributed by atoms with E-state index in [-0.39, 0.29) is 15.9 Å². The van der Waals surface area contributed by atoms with Crippen LogP contribution in [0.1, 0.15) is 13.8 Å². The number of nitrogen functional groups attached to an aromatic ring is 1. The summed E-state index contributed by atoms with van der Waals surface area (Å²) in [5.41, 5.74) is 5.66. The lowest BCUT2D eigenvalue weighted by Gasteiger charge is -2.16. The molecule has 1 aromatic rings. The molecule has 0 saturated heterocycles. The molecule has 1 rings (SSSR count). The maximum Gasteiger partial charge on any atom is 0.321 e. The van der Waals surface area contributed by atoms with Crippen LogP contribution in [0.4, 0.5) is 14.9 Å². The van der Waals surface area contributed by atoms with E-state index in [1.54, 1.807) is 6.92 Å². The number of hydrogen-bond donors (Lipinski definition) is 3. The predicted molar refractivity (Wildman–Crippen MR) is 75.8 cm³/mol. The molecule has 0 spiro atoms. The monoisotopic (exact) mass is 347 g/mol. The van der Waals surface area contributed by atoms with E-state index in [0.29, 0.717) is 6.54 Å². The number of hydrogen-bond acceptors (Lipinski definition) is 4. The number of nitrogens with one attached hydrogen (secondary N) is 2. The fourth-order valence-corrected chi connectivity index (χ4v) is 1.89. The van der Waals surface area contributed by atoms with Crippen molar-refractivity contribution in [3.63, 3.8) is 0 Å². The first-order valence-corrected chi connectivity index (χ1v) is 6.64. The Morgan fingerprint density at radius 1 is 1.50 bits per heavy atom. The van der Waals surface area contributed by atoms with Crippen LogP contribution in [0.15, 0.2) is 16.6 Å². The van der Waals surface area contributed by atoms with Crippen molar-refractivity contribution in [1.82, 2.24) is 10.6 Å². The van der Waals surface area contributed by atoms with Gasteiger partial charge in [0.05, 0.1) is 10.2 Å². The second kappa shape index (κ2) is 7.09. The molecule has 0 radical (unpaired) electrons. The van der Waals surface area contributed by atoms with Crippen molar-refractivity contribution in [2.45, 2.75) is 20.0 Å². The number of urea groups is 1. The Morgan fingerprint density at radius 3 is 2.70 bits per heavy atom. The summed E-state index contributed by atoms with van der Waals surface area (Å²) < 4.78 is 18.7. The zero-order valence-electron chi connectivity index (χ0n) is 11.0. The highest BCUT2D eigenvalue weighted by Gasteiger charge is 2.20. The largest absolute Gasteiger partial charge is 0.478 e. The van der Waals surface area contributed by atoms with Crippen LogP contribution < -0.4 is 21.1 Å². The standard InChI is InChI=1S/C12H15BrFN3O3/c1-3-16-12(19)17-11(18)6(2)20-10-8(13)4-7(14)5-9(10)15/h4-6H,3,15H2,1-2H3,(H2,16,17,18,19). The number of nitrogens with two attached hydrogens (primary N) is 1. The third-order valence-corrected chi connectivity index (χ3v) is 2.86. The molecule has 1 unspecified atom stereocenters. The first kappa shape index (κ1) is 16.2. The zero-order valence-corrected chi connectivity index (χ0v) is 12.6.